The summed E-state index contributed by atoms with van der Waals surface area (Å²) in [6, 6.07) is 85.2. The summed E-state index contributed by atoms with van der Waals surface area (Å²) in [6.07, 6.45) is 0. The molecule has 0 atom stereocenters. The fourth-order valence-corrected chi connectivity index (χ4v) is 11.1. The van der Waals surface area contributed by atoms with Gasteiger partial charge in [-0.05, 0) is 109 Å². The normalized spacial score (nSPS) is 12.9. The van der Waals surface area contributed by atoms with Crippen LogP contribution in [-0.2, 0) is 5.41 Å². The molecule has 0 fully saturated rings. The van der Waals surface area contributed by atoms with Crippen LogP contribution in [0.3, 0.4) is 0 Å². The number of fused-ring (bicyclic) bond motifs is 13. The Morgan fingerprint density at radius 2 is 0.877 bits per heavy atom. The molecule has 0 aliphatic heterocycles. The molecular formula is C63H44N2. The number of benzene rings is 11. The van der Waals surface area contributed by atoms with E-state index in [-0.39, 0.29) is 5.41 Å². The van der Waals surface area contributed by atoms with Crippen molar-refractivity contribution < 1.29 is 0 Å². The van der Waals surface area contributed by atoms with E-state index in [9.17, 15) is 0 Å². The van der Waals surface area contributed by atoms with Gasteiger partial charge in [0.2, 0.25) is 0 Å². The Hall–Kier alpha value is -8.20. The van der Waals surface area contributed by atoms with Crippen molar-refractivity contribution >= 4 is 71.2 Å². The van der Waals surface area contributed by atoms with Gasteiger partial charge < -0.3 is 9.47 Å². The lowest BCUT2D eigenvalue weighted by Gasteiger charge is -2.30. The third kappa shape index (κ3) is 5.67. The van der Waals surface area contributed by atoms with Crippen LogP contribution in [0.15, 0.2) is 231 Å². The average molecular weight is 829 g/mol. The maximum Gasteiger partial charge on any atom is 0.0626 e. The van der Waals surface area contributed by atoms with E-state index >= 15 is 0 Å². The maximum atomic E-state index is 2.51. The van der Waals surface area contributed by atoms with Gasteiger partial charge in [0.1, 0.15) is 0 Å². The number of anilines is 3. The van der Waals surface area contributed by atoms with Crippen LogP contribution in [0.25, 0.3) is 93.2 Å². The maximum absolute atomic E-state index is 2.51. The standard InChI is InChI=1S/C63H44N2/c1-63(2)56-27-15-13-22-49(56)50-38-37-47(39-57(50)63)64(45-33-29-43(30-34-45)41-17-5-3-6-18-41)59-40-55-48-21-9-12-25-53(48)62-61(60(55)52-24-11-10-23-51(52)59)54-26-14-16-28-58(54)65(62)46-35-31-44(32-36-46)42-19-7-4-8-20-42/h3-40H,1-2H3. The minimum atomic E-state index is -0.145. The largest absolute Gasteiger partial charge is 0.310 e. The molecule has 306 valence electrons. The quantitative estimate of drug-likeness (QED) is 0.152. The summed E-state index contributed by atoms with van der Waals surface area (Å²) in [7, 11) is 0. The Morgan fingerprint density at radius 3 is 1.58 bits per heavy atom. The highest BCUT2D eigenvalue weighted by atomic mass is 15.1. The molecule has 0 radical (unpaired) electrons. The van der Waals surface area contributed by atoms with Crippen LogP contribution in [0.1, 0.15) is 25.0 Å². The molecule has 1 heterocycles. The van der Waals surface area contributed by atoms with Gasteiger partial charge >= 0.3 is 0 Å². The summed E-state index contributed by atoms with van der Waals surface area (Å²) in [5.41, 5.74) is 17.0. The molecule has 2 heteroatoms. The van der Waals surface area contributed by atoms with Crippen molar-refractivity contribution in [2.75, 3.05) is 4.90 Å². The topological polar surface area (TPSA) is 8.17 Å². The molecule has 1 aliphatic carbocycles. The van der Waals surface area contributed by atoms with E-state index in [1.165, 1.54) is 98.6 Å². The molecule has 65 heavy (non-hydrogen) atoms. The zero-order valence-corrected chi connectivity index (χ0v) is 36.3. The monoisotopic (exact) mass is 828 g/mol. The van der Waals surface area contributed by atoms with Crippen LogP contribution in [-0.4, -0.2) is 4.57 Å². The minimum Gasteiger partial charge on any atom is -0.310 e. The molecule has 0 spiro atoms. The highest BCUT2D eigenvalue weighted by molar-refractivity contribution is 6.38. The Labute approximate surface area is 378 Å². The first-order valence-corrected chi connectivity index (χ1v) is 22.7. The van der Waals surface area contributed by atoms with Crippen LogP contribution < -0.4 is 4.90 Å². The van der Waals surface area contributed by atoms with Crippen molar-refractivity contribution in [3.05, 3.63) is 242 Å². The van der Waals surface area contributed by atoms with Crippen molar-refractivity contribution in [3.8, 4) is 39.1 Å². The lowest BCUT2D eigenvalue weighted by atomic mass is 9.82. The zero-order chi connectivity index (χ0) is 43.2. The minimum absolute atomic E-state index is 0.145. The lowest BCUT2D eigenvalue weighted by molar-refractivity contribution is 0.660. The number of rotatable bonds is 6. The predicted molar refractivity (Wildman–Crippen MR) is 276 cm³/mol. The molecule has 11 aromatic carbocycles. The van der Waals surface area contributed by atoms with Crippen LogP contribution in [0.2, 0.25) is 0 Å². The number of para-hydroxylation sites is 1. The van der Waals surface area contributed by atoms with E-state index in [4.69, 9.17) is 0 Å². The molecule has 0 unspecified atom stereocenters. The van der Waals surface area contributed by atoms with E-state index < -0.39 is 0 Å². The summed E-state index contributed by atoms with van der Waals surface area (Å²) in [4.78, 5) is 2.51. The second kappa shape index (κ2) is 14.4. The Morgan fingerprint density at radius 1 is 0.354 bits per heavy atom. The Kier molecular flexibility index (Phi) is 8.29. The van der Waals surface area contributed by atoms with E-state index in [1.807, 2.05) is 0 Å². The molecule has 0 N–H and O–H groups in total. The first-order chi connectivity index (χ1) is 32.0. The number of hydrogen-bond donors (Lipinski definition) is 0. The zero-order valence-electron chi connectivity index (χ0n) is 36.3. The van der Waals surface area contributed by atoms with Crippen molar-refractivity contribution in [2.24, 2.45) is 0 Å². The third-order valence-electron chi connectivity index (χ3n) is 14.2. The average Bonchev–Trinajstić information content (AvgIpc) is 3.83. The van der Waals surface area contributed by atoms with Gasteiger partial charge in [0.25, 0.3) is 0 Å². The first kappa shape index (κ1) is 37.4. The van der Waals surface area contributed by atoms with Gasteiger partial charge in [0, 0.05) is 49.4 Å². The van der Waals surface area contributed by atoms with Crippen molar-refractivity contribution in [2.45, 2.75) is 19.3 Å². The molecule has 13 rings (SSSR count). The summed E-state index contributed by atoms with van der Waals surface area (Å²) in [6.45, 7) is 4.74. The second-order valence-electron chi connectivity index (χ2n) is 18.0. The highest BCUT2D eigenvalue weighted by Gasteiger charge is 2.36. The smallest absolute Gasteiger partial charge is 0.0626 e. The molecule has 0 bridgehead atoms. The lowest BCUT2D eigenvalue weighted by Crippen LogP contribution is -2.16. The van der Waals surface area contributed by atoms with Gasteiger partial charge in [-0.1, -0.05) is 196 Å². The molecule has 1 aromatic heterocycles. The summed E-state index contributed by atoms with van der Waals surface area (Å²) < 4.78 is 2.49. The van der Waals surface area contributed by atoms with Crippen LogP contribution in [0, 0.1) is 0 Å². The number of hydrogen-bond acceptors (Lipinski definition) is 1. The van der Waals surface area contributed by atoms with Crippen LogP contribution in [0.5, 0.6) is 0 Å². The summed E-state index contributed by atoms with van der Waals surface area (Å²) in [5, 5.41) is 9.95. The SMILES string of the molecule is CC1(C)c2ccccc2-c2ccc(N(c3ccc(-c4ccccc4)cc3)c3cc4c5ccccc5c5c(c6ccccc6n5-c5ccc(-c6ccccc6)cc5)c4c4ccccc34)cc21. The van der Waals surface area contributed by atoms with Crippen LogP contribution in [0.4, 0.5) is 17.1 Å². The van der Waals surface area contributed by atoms with Gasteiger partial charge in [0.05, 0.1) is 16.7 Å². The fraction of sp³-hybridized carbons (Fsp3) is 0.0476. The molecule has 2 nitrogen and oxygen atoms in total. The van der Waals surface area contributed by atoms with Crippen LogP contribution >= 0.6 is 0 Å². The van der Waals surface area contributed by atoms with E-state index in [0.29, 0.717) is 0 Å². The Balaban J connectivity index is 1.10. The Bertz CT molecular complexity index is 3820. The number of nitrogens with zero attached hydrogens (tertiary/aromatic N) is 2. The van der Waals surface area contributed by atoms with Gasteiger partial charge in [-0.2, -0.15) is 0 Å². The molecule has 0 saturated heterocycles. The molecule has 12 aromatic rings. The molecule has 1 aliphatic rings. The van der Waals surface area contributed by atoms with Crippen molar-refractivity contribution in [3.63, 3.8) is 0 Å². The first-order valence-electron chi connectivity index (χ1n) is 22.7. The number of aromatic nitrogens is 1. The summed E-state index contributed by atoms with van der Waals surface area (Å²) in [5.74, 6) is 0. The predicted octanol–water partition coefficient (Wildman–Crippen LogP) is 17.4. The molecule has 0 amide bonds. The summed E-state index contributed by atoms with van der Waals surface area (Å²) >= 11 is 0. The van der Waals surface area contributed by atoms with Crippen molar-refractivity contribution in [1.82, 2.24) is 4.57 Å². The highest BCUT2D eigenvalue weighted by Crippen LogP contribution is 2.53. The van der Waals surface area contributed by atoms with E-state index in [1.54, 1.807) is 0 Å². The third-order valence-corrected chi connectivity index (χ3v) is 14.2. The van der Waals surface area contributed by atoms with E-state index in [2.05, 4.69) is 254 Å². The molecular weight excluding hydrogens is 785 g/mol. The van der Waals surface area contributed by atoms with Gasteiger partial charge in [-0.25, -0.2) is 0 Å². The molecule has 0 saturated carbocycles. The van der Waals surface area contributed by atoms with Gasteiger partial charge in [-0.3, -0.25) is 0 Å². The van der Waals surface area contributed by atoms with Gasteiger partial charge in [0.15, 0.2) is 0 Å². The van der Waals surface area contributed by atoms with Gasteiger partial charge in [-0.15, -0.1) is 0 Å². The fourth-order valence-electron chi connectivity index (χ4n) is 11.1. The van der Waals surface area contributed by atoms with Crippen molar-refractivity contribution in [1.29, 1.82) is 0 Å². The van der Waals surface area contributed by atoms with E-state index in [0.717, 1.165) is 22.7 Å². The second-order valence-corrected chi connectivity index (χ2v) is 18.0.